The van der Waals surface area contributed by atoms with E-state index in [1.165, 1.54) is 36.9 Å². The number of benzene rings is 1. The second kappa shape index (κ2) is 5.34. The highest BCUT2D eigenvalue weighted by atomic mass is 14.9. The summed E-state index contributed by atoms with van der Waals surface area (Å²) in [6.45, 7) is 9.18. The van der Waals surface area contributed by atoms with Crippen LogP contribution < -0.4 is 5.32 Å². The van der Waals surface area contributed by atoms with E-state index in [-0.39, 0.29) is 5.41 Å². The number of nitrogens with one attached hydrogen (secondary N) is 1. The third-order valence-corrected chi connectivity index (χ3v) is 4.21. The van der Waals surface area contributed by atoms with Gasteiger partial charge in [-0.15, -0.1) is 0 Å². The highest BCUT2D eigenvalue weighted by Gasteiger charge is 2.25. The largest absolute Gasteiger partial charge is 0.382 e. The van der Waals surface area contributed by atoms with Gasteiger partial charge in [0.1, 0.15) is 0 Å². The summed E-state index contributed by atoms with van der Waals surface area (Å²) >= 11 is 0. The van der Waals surface area contributed by atoms with Gasteiger partial charge in [-0.05, 0) is 42.2 Å². The predicted molar refractivity (Wildman–Crippen MR) is 80.2 cm³/mol. The van der Waals surface area contributed by atoms with Crippen molar-refractivity contribution in [1.29, 1.82) is 0 Å². The summed E-state index contributed by atoms with van der Waals surface area (Å²) in [6.07, 6.45) is 5.40. The molecule has 0 spiro atoms. The lowest BCUT2D eigenvalue weighted by Crippen LogP contribution is -2.20. The maximum atomic E-state index is 3.78. The second-order valence-electron chi connectivity index (χ2n) is 6.72. The van der Waals surface area contributed by atoms with Crippen molar-refractivity contribution in [1.82, 2.24) is 0 Å². The Morgan fingerprint density at radius 2 is 1.89 bits per heavy atom. The highest BCUT2D eigenvalue weighted by molar-refractivity contribution is 5.54. The zero-order valence-electron chi connectivity index (χ0n) is 12.3. The molecule has 1 nitrogen and oxygen atoms in total. The van der Waals surface area contributed by atoms with Crippen LogP contribution in [0.25, 0.3) is 0 Å². The van der Waals surface area contributed by atoms with Gasteiger partial charge in [0, 0.05) is 11.7 Å². The average Bonchev–Trinajstić information content (AvgIpc) is 2.76. The monoisotopic (exact) mass is 245 g/mol. The van der Waals surface area contributed by atoms with E-state index >= 15 is 0 Å². The van der Waals surface area contributed by atoms with Gasteiger partial charge in [-0.2, -0.15) is 0 Å². The summed E-state index contributed by atoms with van der Waals surface area (Å²) in [6, 6.07) is 9.46. The molecule has 0 aliphatic heterocycles. The summed E-state index contributed by atoms with van der Waals surface area (Å²) in [5.74, 6) is 0.935. The van der Waals surface area contributed by atoms with Crippen LogP contribution in [-0.4, -0.2) is 6.04 Å². The maximum absolute atomic E-state index is 3.78. The van der Waals surface area contributed by atoms with Crippen molar-refractivity contribution in [3.05, 3.63) is 29.8 Å². The van der Waals surface area contributed by atoms with E-state index in [1.54, 1.807) is 0 Å². The van der Waals surface area contributed by atoms with E-state index < -0.39 is 0 Å². The van der Waals surface area contributed by atoms with Gasteiger partial charge in [-0.3, -0.25) is 0 Å². The normalized spacial score (nSPS) is 24.2. The molecule has 0 bridgehead atoms. The Bertz CT molecular complexity index is 389. The molecule has 1 aliphatic rings. The topological polar surface area (TPSA) is 12.0 Å². The van der Waals surface area contributed by atoms with Crippen molar-refractivity contribution in [2.45, 2.75) is 64.8 Å². The van der Waals surface area contributed by atoms with E-state index in [2.05, 4.69) is 57.3 Å². The Morgan fingerprint density at radius 1 is 1.17 bits per heavy atom. The minimum Gasteiger partial charge on any atom is -0.382 e. The van der Waals surface area contributed by atoms with Gasteiger partial charge in [0.2, 0.25) is 0 Å². The fourth-order valence-electron chi connectivity index (χ4n) is 3.06. The average molecular weight is 245 g/mol. The molecular formula is C17H27N. The molecule has 2 rings (SSSR count). The number of anilines is 1. The molecule has 1 aromatic rings. The second-order valence-corrected chi connectivity index (χ2v) is 6.72. The van der Waals surface area contributed by atoms with Crippen LogP contribution in [0.2, 0.25) is 0 Å². The van der Waals surface area contributed by atoms with Gasteiger partial charge in [0.15, 0.2) is 0 Å². The van der Waals surface area contributed by atoms with Gasteiger partial charge >= 0.3 is 0 Å². The van der Waals surface area contributed by atoms with Crippen molar-refractivity contribution < 1.29 is 0 Å². The van der Waals surface area contributed by atoms with Crippen LogP contribution in [0.5, 0.6) is 0 Å². The standard InChI is InChI=1S/C17H27N/c1-5-13-10-11-14(12-13)18-16-9-7-6-8-15(16)17(2,3)4/h6-9,13-14,18H,5,10-12H2,1-4H3. The molecule has 18 heavy (non-hydrogen) atoms. The molecule has 2 unspecified atom stereocenters. The van der Waals surface area contributed by atoms with E-state index in [0.717, 1.165) is 5.92 Å². The van der Waals surface area contributed by atoms with E-state index in [1.807, 2.05) is 0 Å². The molecular weight excluding hydrogens is 218 g/mol. The van der Waals surface area contributed by atoms with Crippen molar-refractivity contribution in [3.63, 3.8) is 0 Å². The SMILES string of the molecule is CCC1CCC(Nc2ccccc2C(C)(C)C)C1. The van der Waals surface area contributed by atoms with Gasteiger partial charge in [0.25, 0.3) is 0 Å². The number of rotatable bonds is 3. The smallest absolute Gasteiger partial charge is 0.0380 e. The summed E-state index contributed by atoms with van der Waals surface area (Å²) in [5.41, 5.74) is 2.99. The van der Waals surface area contributed by atoms with Crippen LogP contribution >= 0.6 is 0 Å². The Morgan fingerprint density at radius 3 is 2.50 bits per heavy atom. The summed E-state index contributed by atoms with van der Waals surface area (Å²) < 4.78 is 0. The molecule has 1 N–H and O–H groups in total. The van der Waals surface area contributed by atoms with Crippen LogP contribution in [0, 0.1) is 5.92 Å². The third-order valence-electron chi connectivity index (χ3n) is 4.21. The minimum atomic E-state index is 0.215. The third kappa shape index (κ3) is 3.07. The number of para-hydroxylation sites is 1. The summed E-state index contributed by atoms with van der Waals surface area (Å²) in [7, 11) is 0. The Hall–Kier alpha value is -0.980. The molecule has 1 fully saturated rings. The van der Waals surface area contributed by atoms with Crippen LogP contribution in [0.4, 0.5) is 5.69 Å². The van der Waals surface area contributed by atoms with Gasteiger partial charge in [-0.25, -0.2) is 0 Å². The molecule has 0 saturated heterocycles. The Balaban J connectivity index is 2.10. The molecule has 1 heteroatoms. The fraction of sp³-hybridized carbons (Fsp3) is 0.647. The minimum absolute atomic E-state index is 0.215. The molecule has 1 aromatic carbocycles. The van der Waals surface area contributed by atoms with Gasteiger partial charge in [0.05, 0.1) is 0 Å². The first-order valence-electron chi connectivity index (χ1n) is 7.36. The van der Waals surface area contributed by atoms with Crippen molar-refractivity contribution >= 4 is 5.69 Å². The lowest BCUT2D eigenvalue weighted by molar-refractivity contribution is 0.524. The van der Waals surface area contributed by atoms with Gasteiger partial charge < -0.3 is 5.32 Å². The van der Waals surface area contributed by atoms with E-state index in [9.17, 15) is 0 Å². The fourth-order valence-corrected chi connectivity index (χ4v) is 3.06. The molecule has 0 amide bonds. The van der Waals surface area contributed by atoms with Gasteiger partial charge in [-0.1, -0.05) is 52.3 Å². The molecule has 1 saturated carbocycles. The predicted octanol–water partition coefficient (Wildman–Crippen LogP) is 4.97. The summed E-state index contributed by atoms with van der Waals surface area (Å²) in [4.78, 5) is 0. The Labute approximate surface area is 112 Å². The first-order valence-corrected chi connectivity index (χ1v) is 7.36. The van der Waals surface area contributed by atoms with Crippen molar-refractivity contribution in [2.75, 3.05) is 5.32 Å². The zero-order valence-corrected chi connectivity index (χ0v) is 12.3. The molecule has 100 valence electrons. The van der Waals surface area contributed by atoms with Crippen LogP contribution in [0.15, 0.2) is 24.3 Å². The molecule has 0 radical (unpaired) electrons. The molecule has 0 heterocycles. The van der Waals surface area contributed by atoms with Crippen molar-refractivity contribution in [3.8, 4) is 0 Å². The van der Waals surface area contributed by atoms with Crippen LogP contribution in [0.3, 0.4) is 0 Å². The highest BCUT2D eigenvalue weighted by Crippen LogP contribution is 2.34. The molecule has 1 aliphatic carbocycles. The molecule has 2 atom stereocenters. The van der Waals surface area contributed by atoms with Crippen LogP contribution in [0.1, 0.15) is 58.9 Å². The van der Waals surface area contributed by atoms with Crippen molar-refractivity contribution in [2.24, 2.45) is 5.92 Å². The summed E-state index contributed by atoms with van der Waals surface area (Å²) in [5, 5.41) is 3.78. The number of hydrogen-bond donors (Lipinski definition) is 1. The maximum Gasteiger partial charge on any atom is 0.0380 e. The first kappa shape index (κ1) is 13.5. The quantitative estimate of drug-likeness (QED) is 0.792. The number of hydrogen-bond acceptors (Lipinski definition) is 1. The first-order chi connectivity index (χ1) is 8.50. The van der Waals surface area contributed by atoms with Crippen LogP contribution in [-0.2, 0) is 5.41 Å². The molecule has 0 aromatic heterocycles. The van der Waals surface area contributed by atoms with E-state index in [0.29, 0.717) is 6.04 Å². The lowest BCUT2D eigenvalue weighted by Gasteiger charge is -2.25. The Kier molecular flexibility index (Phi) is 3.99. The zero-order chi connectivity index (χ0) is 13.2. The van der Waals surface area contributed by atoms with E-state index in [4.69, 9.17) is 0 Å². The lowest BCUT2D eigenvalue weighted by atomic mass is 9.85.